The van der Waals surface area contributed by atoms with Crippen LogP contribution in [0.15, 0.2) is 30.3 Å². The highest BCUT2D eigenvalue weighted by Gasteiger charge is 2.27. The topological polar surface area (TPSA) is 71.2 Å². The molecule has 3 heterocycles. The average Bonchev–Trinajstić information content (AvgIpc) is 3.43. The van der Waals surface area contributed by atoms with Gasteiger partial charge in [-0.2, -0.15) is 0 Å². The van der Waals surface area contributed by atoms with Crippen LogP contribution in [0, 0.1) is 5.92 Å². The molecule has 0 unspecified atom stereocenters. The molecule has 1 aromatic carbocycles. The quantitative estimate of drug-likeness (QED) is 0.315. The smallest absolute Gasteiger partial charge is 0.338 e. The fourth-order valence-corrected chi connectivity index (χ4v) is 4.30. The van der Waals surface area contributed by atoms with Gasteiger partial charge in [-0.05, 0) is 56.0 Å². The van der Waals surface area contributed by atoms with Gasteiger partial charge in [0.15, 0.2) is 5.82 Å². The number of hydrogen-bond acceptors (Lipinski definition) is 5. The Bertz CT molecular complexity index is 1320. The molecular formula is C23H23ClN4O3. The monoisotopic (exact) mass is 438 g/mol. The van der Waals surface area contributed by atoms with Crippen LogP contribution in [0.25, 0.3) is 33.6 Å². The van der Waals surface area contributed by atoms with Gasteiger partial charge in [0.1, 0.15) is 22.1 Å². The van der Waals surface area contributed by atoms with Gasteiger partial charge < -0.3 is 18.6 Å². The predicted octanol–water partition coefficient (Wildman–Crippen LogP) is 4.93. The van der Waals surface area contributed by atoms with E-state index in [1.54, 1.807) is 19.2 Å². The number of carbonyl (C=O) groups excluding carboxylic acids is 1. The molecule has 1 aliphatic carbocycles. The zero-order chi connectivity index (χ0) is 21.7. The largest absolute Gasteiger partial charge is 0.494 e. The third kappa shape index (κ3) is 3.33. The van der Waals surface area contributed by atoms with E-state index in [1.807, 2.05) is 12.1 Å². The maximum Gasteiger partial charge on any atom is 0.338 e. The van der Waals surface area contributed by atoms with Crippen LogP contribution in [0.1, 0.15) is 30.1 Å². The summed E-state index contributed by atoms with van der Waals surface area (Å²) in [5.74, 6) is 1.63. The van der Waals surface area contributed by atoms with Crippen LogP contribution >= 0.6 is 11.6 Å². The van der Waals surface area contributed by atoms with Crippen molar-refractivity contribution in [2.24, 2.45) is 5.92 Å². The predicted molar refractivity (Wildman–Crippen MR) is 120 cm³/mol. The lowest BCUT2D eigenvalue weighted by atomic mass is 10.2. The van der Waals surface area contributed by atoms with E-state index in [2.05, 4.69) is 27.1 Å². The number of nitrogens with zero attached hydrogens (tertiary/aromatic N) is 4. The van der Waals surface area contributed by atoms with E-state index in [0.29, 0.717) is 34.4 Å². The van der Waals surface area contributed by atoms with Crippen LogP contribution in [-0.2, 0) is 17.8 Å². The lowest BCUT2D eigenvalue weighted by Crippen LogP contribution is -2.07. The highest BCUT2D eigenvalue weighted by atomic mass is 35.5. The van der Waals surface area contributed by atoms with E-state index in [-0.39, 0.29) is 0 Å². The maximum atomic E-state index is 12.2. The van der Waals surface area contributed by atoms with Crippen molar-refractivity contribution in [2.75, 3.05) is 14.2 Å². The summed E-state index contributed by atoms with van der Waals surface area (Å²) in [6, 6.07) is 9.37. The third-order valence-corrected chi connectivity index (χ3v) is 6.05. The van der Waals surface area contributed by atoms with Crippen molar-refractivity contribution >= 4 is 39.6 Å². The third-order valence-electron chi connectivity index (χ3n) is 5.84. The molecule has 0 amide bonds. The molecule has 0 atom stereocenters. The molecule has 8 heteroatoms. The molecule has 160 valence electrons. The summed E-state index contributed by atoms with van der Waals surface area (Å²) in [6.07, 6.45) is 2.44. The molecule has 3 aromatic heterocycles. The Balaban J connectivity index is 1.78. The van der Waals surface area contributed by atoms with Crippen LogP contribution in [0.4, 0.5) is 0 Å². The number of benzene rings is 1. The fraction of sp³-hybridized carbons (Fsp3) is 0.348. The SMILES string of the molecule is CCn1c(-c2cc3ccc(Cl)nc3n2CC2CC2)nc2cc(C(=O)OC)cc(OC)c21. The Labute approximate surface area is 184 Å². The molecule has 31 heavy (non-hydrogen) atoms. The number of methoxy groups -OCH3 is 2. The molecule has 0 spiro atoms. The summed E-state index contributed by atoms with van der Waals surface area (Å²) in [5, 5.41) is 1.50. The van der Waals surface area contributed by atoms with Crippen molar-refractivity contribution in [1.82, 2.24) is 19.1 Å². The lowest BCUT2D eigenvalue weighted by Gasteiger charge is -2.12. The minimum atomic E-state index is -0.422. The molecular weight excluding hydrogens is 416 g/mol. The van der Waals surface area contributed by atoms with Crippen LogP contribution in [0.5, 0.6) is 5.75 Å². The summed E-state index contributed by atoms with van der Waals surface area (Å²) < 4.78 is 14.9. The first-order valence-corrected chi connectivity index (χ1v) is 10.7. The summed E-state index contributed by atoms with van der Waals surface area (Å²) in [6.45, 7) is 3.64. The molecule has 1 aliphatic rings. The van der Waals surface area contributed by atoms with Gasteiger partial charge in [0.2, 0.25) is 0 Å². The van der Waals surface area contributed by atoms with Crippen LogP contribution in [-0.4, -0.2) is 39.3 Å². The fourth-order valence-electron chi connectivity index (χ4n) is 4.16. The number of imidazole rings is 1. The summed E-state index contributed by atoms with van der Waals surface area (Å²) >= 11 is 6.22. The van der Waals surface area contributed by atoms with Gasteiger partial charge in [-0.15, -0.1) is 0 Å². The van der Waals surface area contributed by atoms with Crippen LogP contribution < -0.4 is 4.74 Å². The number of carbonyl (C=O) groups is 1. The van der Waals surface area contributed by atoms with E-state index in [0.717, 1.165) is 34.6 Å². The van der Waals surface area contributed by atoms with Gasteiger partial charge in [0.25, 0.3) is 0 Å². The second kappa shape index (κ2) is 7.57. The molecule has 4 aromatic rings. The maximum absolute atomic E-state index is 12.2. The molecule has 0 aliphatic heterocycles. The minimum absolute atomic E-state index is 0.408. The van der Waals surface area contributed by atoms with Crippen LogP contribution in [0.2, 0.25) is 5.15 Å². The molecule has 0 saturated heterocycles. The zero-order valence-electron chi connectivity index (χ0n) is 17.7. The lowest BCUT2D eigenvalue weighted by molar-refractivity contribution is 0.0600. The van der Waals surface area contributed by atoms with E-state index in [4.69, 9.17) is 26.1 Å². The second-order valence-corrected chi connectivity index (χ2v) is 8.24. The van der Waals surface area contributed by atoms with Crippen molar-refractivity contribution in [1.29, 1.82) is 0 Å². The number of pyridine rings is 1. The number of esters is 1. The van der Waals surface area contributed by atoms with Gasteiger partial charge in [-0.3, -0.25) is 0 Å². The Morgan fingerprint density at radius 2 is 1.97 bits per heavy atom. The summed E-state index contributed by atoms with van der Waals surface area (Å²) in [4.78, 5) is 21.7. The summed E-state index contributed by atoms with van der Waals surface area (Å²) in [7, 11) is 2.96. The first kappa shape index (κ1) is 19.9. The average molecular weight is 439 g/mol. The number of halogens is 1. The molecule has 0 bridgehead atoms. The molecule has 7 nitrogen and oxygen atoms in total. The minimum Gasteiger partial charge on any atom is -0.494 e. The number of fused-ring (bicyclic) bond motifs is 2. The second-order valence-electron chi connectivity index (χ2n) is 7.85. The first-order chi connectivity index (χ1) is 15.0. The van der Waals surface area contributed by atoms with Gasteiger partial charge in [-0.25, -0.2) is 14.8 Å². The normalized spacial score (nSPS) is 13.8. The molecule has 0 N–H and O–H groups in total. The van der Waals surface area contributed by atoms with E-state index in [1.165, 1.54) is 20.0 Å². The Kier molecular flexibility index (Phi) is 4.85. The van der Waals surface area contributed by atoms with Crippen molar-refractivity contribution in [3.63, 3.8) is 0 Å². The van der Waals surface area contributed by atoms with Gasteiger partial charge >= 0.3 is 5.97 Å². The van der Waals surface area contributed by atoms with Gasteiger partial charge in [0.05, 0.1) is 31.0 Å². The van der Waals surface area contributed by atoms with Gasteiger partial charge in [0, 0.05) is 18.5 Å². The molecule has 5 rings (SSSR count). The Hall–Kier alpha value is -3.06. The van der Waals surface area contributed by atoms with Crippen molar-refractivity contribution < 1.29 is 14.3 Å². The number of aryl methyl sites for hydroxylation is 1. The zero-order valence-corrected chi connectivity index (χ0v) is 18.4. The molecule has 1 saturated carbocycles. The van der Waals surface area contributed by atoms with Crippen molar-refractivity contribution in [2.45, 2.75) is 32.9 Å². The van der Waals surface area contributed by atoms with E-state index >= 15 is 0 Å². The van der Waals surface area contributed by atoms with Gasteiger partial charge in [-0.1, -0.05) is 11.6 Å². The first-order valence-electron chi connectivity index (χ1n) is 10.4. The van der Waals surface area contributed by atoms with Crippen LogP contribution in [0.3, 0.4) is 0 Å². The number of hydrogen-bond donors (Lipinski definition) is 0. The number of ether oxygens (including phenoxy) is 2. The highest BCUT2D eigenvalue weighted by molar-refractivity contribution is 6.29. The molecule has 0 radical (unpaired) electrons. The summed E-state index contributed by atoms with van der Waals surface area (Å²) in [5.41, 5.74) is 3.79. The van der Waals surface area contributed by atoms with Crippen molar-refractivity contribution in [3.05, 3.63) is 41.0 Å². The number of aromatic nitrogens is 4. The Morgan fingerprint density at radius 3 is 2.65 bits per heavy atom. The molecule has 1 fully saturated rings. The highest BCUT2D eigenvalue weighted by Crippen LogP contribution is 2.38. The standard InChI is InChI=1S/C23H23ClN4O3/c1-4-27-20-16(9-15(23(29)31-3)11-18(20)30-2)25-22(27)17-10-14-7-8-19(24)26-21(14)28(17)12-13-5-6-13/h7-11,13H,4-6,12H2,1-3H3. The van der Waals surface area contributed by atoms with E-state index < -0.39 is 5.97 Å². The van der Waals surface area contributed by atoms with Crippen molar-refractivity contribution in [3.8, 4) is 17.3 Å². The van der Waals surface area contributed by atoms with E-state index in [9.17, 15) is 4.79 Å². The Morgan fingerprint density at radius 1 is 1.16 bits per heavy atom. The number of rotatable bonds is 6.